The topological polar surface area (TPSA) is 26.0 Å². The third-order valence-corrected chi connectivity index (χ3v) is 3.25. The summed E-state index contributed by atoms with van der Waals surface area (Å²) in [6, 6.07) is 7.91. The zero-order valence-electron chi connectivity index (χ0n) is 8.41. The predicted molar refractivity (Wildman–Crippen MR) is 66.5 cm³/mol. The van der Waals surface area contributed by atoms with Gasteiger partial charge >= 0.3 is 0 Å². The number of aryl methyl sites for hydroxylation is 1. The molecule has 0 radical (unpaired) electrons. The average molecular weight is 238 g/mol. The molecule has 0 spiro atoms. The highest BCUT2D eigenvalue weighted by atomic mass is 35.5. The Morgan fingerprint density at radius 2 is 2.07 bits per heavy atom. The molecule has 1 unspecified atom stereocenters. The Labute approximate surface area is 98.5 Å². The normalized spacial score (nSPS) is 12.7. The maximum Gasteiger partial charge on any atom is 0.0560 e. The molecule has 0 saturated carbocycles. The monoisotopic (exact) mass is 237 g/mol. The quantitative estimate of drug-likeness (QED) is 0.846. The van der Waals surface area contributed by atoms with Crippen molar-refractivity contribution in [3.8, 4) is 0 Å². The first-order valence-corrected chi connectivity index (χ1v) is 6.03. The van der Waals surface area contributed by atoms with E-state index in [2.05, 4.69) is 11.4 Å². The molecule has 0 aliphatic rings. The molecule has 1 aromatic heterocycles. The van der Waals surface area contributed by atoms with Gasteiger partial charge in [0.1, 0.15) is 0 Å². The number of hydrogen-bond donors (Lipinski definition) is 1. The van der Waals surface area contributed by atoms with Gasteiger partial charge in [-0.1, -0.05) is 17.7 Å². The lowest BCUT2D eigenvalue weighted by Gasteiger charge is -2.11. The lowest BCUT2D eigenvalue weighted by molar-refractivity contribution is 0.875. The van der Waals surface area contributed by atoms with Crippen molar-refractivity contribution in [1.29, 1.82) is 0 Å². The number of benzene rings is 1. The van der Waals surface area contributed by atoms with E-state index in [1.165, 1.54) is 0 Å². The molecule has 3 heteroatoms. The highest BCUT2D eigenvalue weighted by Crippen LogP contribution is 2.25. The zero-order chi connectivity index (χ0) is 10.8. The minimum Gasteiger partial charge on any atom is -0.320 e. The van der Waals surface area contributed by atoms with Crippen LogP contribution in [0.5, 0.6) is 0 Å². The SMILES string of the molecule is Cc1cc(Cl)cc(C(N)c2ccsc2)c1. The Hall–Kier alpha value is -0.830. The fourth-order valence-electron chi connectivity index (χ4n) is 1.59. The van der Waals surface area contributed by atoms with Crippen LogP contribution < -0.4 is 5.73 Å². The van der Waals surface area contributed by atoms with Crippen LogP contribution in [-0.2, 0) is 0 Å². The van der Waals surface area contributed by atoms with Gasteiger partial charge in [-0.05, 0) is 52.6 Å². The Balaban J connectivity index is 2.37. The van der Waals surface area contributed by atoms with Crippen molar-refractivity contribution in [3.63, 3.8) is 0 Å². The Morgan fingerprint density at radius 1 is 1.27 bits per heavy atom. The molecular formula is C12H12ClNS. The third kappa shape index (κ3) is 2.40. The number of hydrogen-bond acceptors (Lipinski definition) is 2. The highest BCUT2D eigenvalue weighted by Gasteiger charge is 2.09. The van der Waals surface area contributed by atoms with Crippen molar-refractivity contribution in [2.45, 2.75) is 13.0 Å². The van der Waals surface area contributed by atoms with Crippen LogP contribution in [0.3, 0.4) is 0 Å². The molecule has 1 heterocycles. The number of halogens is 1. The van der Waals surface area contributed by atoms with E-state index in [1.54, 1.807) is 11.3 Å². The molecule has 2 N–H and O–H groups in total. The van der Waals surface area contributed by atoms with Gasteiger partial charge < -0.3 is 5.73 Å². The van der Waals surface area contributed by atoms with Crippen LogP contribution in [0.2, 0.25) is 5.02 Å². The lowest BCUT2D eigenvalue weighted by Crippen LogP contribution is -2.10. The van der Waals surface area contributed by atoms with E-state index in [4.69, 9.17) is 17.3 Å². The van der Waals surface area contributed by atoms with Crippen molar-refractivity contribution >= 4 is 22.9 Å². The smallest absolute Gasteiger partial charge is 0.0560 e. The standard InChI is InChI=1S/C12H12ClNS/c1-8-4-10(6-11(13)5-8)12(14)9-2-3-15-7-9/h2-7,12H,14H2,1H3. The van der Waals surface area contributed by atoms with E-state index in [0.717, 1.165) is 21.7 Å². The first-order chi connectivity index (χ1) is 7.16. The second-order valence-corrected chi connectivity index (χ2v) is 4.81. The molecule has 0 fully saturated rings. The van der Waals surface area contributed by atoms with Crippen molar-refractivity contribution < 1.29 is 0 Å². The fraction of sp³-hybridized carbons (Fsp3) is 0.167. The summed E-state index contributed by atoms with van der Waals surface area (Å²) in [6.45, 7) is 2.02. The van der Waals surface area contributed by atoms with Gasteiger partial charge in [-0.2, -0.15) is 11.3 Å². The number of nitrogens with two attached hydrogens (primary N) is 1. The molecule has 0 saturated heterocycles. The molecule has 78 valence electrons. The minimum absolute atomic E-state index is 0.0753. The Kier molecular flexibility index (Phi) is 3.10. The lowest BCUT2D eigenvalue weighted by atomic mass is 10.0. The number of thiophene rings is 1. The molecule has 0 bridgehead atoms. The van der Waals surface area contributed by atoms with E-state index >= 15 is 0 Å². The van der Waals surface area contributed by atoms with Gasteiger partial charge in [0.25, 0.3) is 0 Å². The summed E-state index contributed by atoms with van der Waals surface area (Å²) in [4.78, 5) is 0. The van der Waals surface area contributed by atoms with Gasteiger partial charge in [0.05, 0.1) is 6.04 Å². The van der Waals surface area contributed by atoms with Crippen LogP contribution in [0.15, 0.2) is 35.0 Å². The van der Waals surface area contributed by atoms with Crippen molar-refractivity contribution in [2.75, 3.05) is 0 Å². The van der Waals surface area contributed by atoms with Gasteiger partial charge in [-0.25, -0.2) is 0 Å². The first-order valence-electron chi connectivity index (χ1n) is 4.71. The van der Waals surface area contributed by atoms with Gasteiger partial charge in [0, 0.05) is 5.02 Å². The average Bonchev–Trinajstić information content (AvgIpc) is 2.67. The molecule has 2 aromatic rings. The van der Waals surface area contributed by atoms with Crippen molar-refractivity contribution in [2.24, 2.45) is 5.73 Å². The zero-order valence-corrected chi connectivity index (χ0v) is 9.98. The van der Waals surface area contributed by atoms with Crippen LogP contribution in [-0.4, -0.2) is 0 Å². The molecule has 15 heavy (non-hydrogen) atoms. The summed E-state index contributed by atoms with van der Waals surface area (Å²) in [5.41, 5.74) is 9.50. The molecule has 0 amide bonds. The summed E-state index contributed by atoms with van der Waals surface area (Å²) in [5, 5.41) is 4.85. The molecule has 1 nitrogen and oxygen atoms in total. The second-order valence-electron chi connectivity index (χ2n) is 3.60. The number of rotatable bonds is 2. The maximum atomic E-state index is 6.15. The first kappa shape index (κ1) is 10.7. The van der Waals surface area contributed by atoms with E-state index in [0.29, 0.717) is 0 Å². The predicted octanol–water partition coefficient (Wildman–Crippen LogP) is 3.76. The van der Waals surface area contributed by atoms with Gasteiger partial charge in [0.2, 0.25) is 0 Å². The molecule has 2 rings (SSSR count). The molecule has 1 aromatic carbocycles. The van der Waals surface area contributed by atoms with E-state index < -0.39 is 0 Å². The summed E-state index contributed by atoms with van der Waals surface area (Å²) in [5.74, 6) is 0. The highest BCUT2D eigenvalue weighted by molar-refractivity contribution is 7.08. The Morgan fingerprint density at radius 3 is 2.67 bits per heavy atom. The van der Waals surface area contributed by atoms with Crippen LogP contribution in [0.1, 0.15) is 22.7 Å². The Bertz CT molecular complexity index is 430. The maximum absolute atomic E-state index is 6.15. The van der Waals surface area contributed by atoms with Gasteiger partial charge in [0.15, 0.2) is 0 Å². The van der Waals surface area contributed by atoms with E-state index in [-0.39, 0.29) is 6.04 Å². The summed E-state index contributed by atoms with van der Waals surface area (Å²) < 4.78 is 0. The second kappa shape index (κ2) is 4.35. The van der Waals surface area contributed by atoms with E-state index in [9.17, 15) is 0 Å². The summed E-state index contributed by atoms with van der Waals surface area (Å²) in [6.07, 6.45) is 0. The van der Waals surface area contributed by atoms with Crippen LogP contribution >= 0.6 is 22.9 Å². The van der Waals surface area contributed by atoms with Gasteiger partial charge in [-0.15, -0.1) is 0 Å². The largest absolute Gasteiger partial charge is 0.320 e. The summed E-state index contributed by atoms with van der Waals surface area (Å²) >= 11 is 7.66. The van der Waals surface area contributed by atoms with Crippen LogP contribution in [0.4, 0.5) is 0 Å². The summed E-state index contributed by atoms with van der Waals surface area (Å²) in [7, 11) is 0. The van der Waals surface area contributed by atoms with Crippen molar-refractivity contribution in [1.82, 2.24) is 0 Å². The molecule has 1 atom stereocenters. The molecular weight excluding hydrogens is 226 g/mol. The minimum atomic E-state index is -0.0753. The van der Waals surface area contributed by atoms with Crippen LogP contribution in [0.25, 0.3) is 0 Å². The van der Waals surface area contributed by atoms with Crippen molar-refractivity contribution in [3.05, 3.63) is 56.7 Å². The molecule has 0 aliphatic heterocycles. The third-order valence-electron chi connectivity index (χ3n) is 2.33. The van der Waals surface area contributed by atoms with Gasteiger partial charge in [-0.3, -0.25) is 0 Å². The van der Waals surface area contributed by atoms with Crippen LogP contribution in [0, 0.1) is 6.92 Å². The molecule has 0 aliphatic carbocycles. The van der Waals surface area contributed by atoms with E-state index in [1.807, 2.05) is 30.5 Å². The fourth-order valence-corrected chi connectivity index (χ4v) is 2.58.